The fraction of sp³-hybridized carbons (Fsp3) is 0.421. The van der Waals surface area contributed by atoms with Crippen LogP contribution in [0.25, 0.3) is 10.8 Å². The van der Waals surface area contributed by atoms with Gasteiger partial charge >= 0.3 is 0 Å². The van der Waals surface area contributed by atoms with Crippen LogP contribution in [0.4, 0.5) is 0 Å². The van der Waals surface area contributed by atoms with Crippen molar-refractivity contribution >= 4 is 16.7 Å². The molecule has 118 valence electrons. The Morgan fingerprint density at radius 1 is 1.14 bits per heavy atom. The third kappa shape index (κ3) is 3.00. The van der Waals surface area contributed by atoms with Gasteiger partial charge in [-0.1, -0.05) is 56.3 Å². The lowest BCUT2D eigenvalue weighted by Crippen LogP contribution is -2.47. The molecule has 0 radical (unpaired) electrons. The Morgan fingerprint density at radius 2 is 1.77 bits per heavy atom. The van der Waals surface area contributed by atoms with Gasteiger partial charge in [0.1, 0.15) is 0 Å². The first-order chi connectivity index (χ1) is 10.4. The summed E-state index contributed by atoms with van der Waals surface area (Å²) in [5.41, 5.74) is 6.27. The smallest absolute Gasteiger partial charge is 0.228 e. The second-order valence-electron chi connectivity index (χ2n) is 6.61. The Labute approximate surface area is 133 Å². The molecule has 22 heavy (non-hydrogen) atoms. The number of amides is 1. The standard InChI is InChI=1S/C19H26N2O/c1-14(2)19(18(20)22,11-12-21(3)4)17-10-9-15-7-5-6-8-16(15)13-17/h5-10,13-14H,11-12H2,1-4H3,(H2,20,22)/t19-/m1/s1. The number of primary amides is 1. The summed E-state index contributed by atoms with van der Waals surface area (Å²) in [6.45, 7) is 4.99. The highest BCUT2D eigenvalue weighted by Gasteiger charge is 2.41. The molecule has 0 saturated carbocycles. The summed E-state index contributed by atoms with van der Waals surface area (Å²) in [5.74, 6) is -0.0919. The van der Waals surface area contributed by atoms with E-state index in [-0.39, 0.29) is 11.8 Å². The van der Waals surface area contributed by atoms with Crippen molar-refractivity contribution in [2.24, 2.45) is 11.7 Å². The molecule has 0 aliphatic carbocycles. The molecule has 0 heterocycles. The average molecular weight is 298 g/mol. The number of carbonyl (C=O) groups excluding carboxylic acids is 1. The van der Waals surface area contributed by atoms with Gasteiger partial charge in [0.05, 0.1) is 5.41 Å². The molecule has 2 rings (SSSR count). The highest BCUT2D eigenvalue weighted by molar-refractivity contribution is 5.90. The highest BCUT2D eigenvalue weighted by Crippen LogP contribution is 2.37. The van der Waals surface area contributed by atoms with Crippen LogP contribution in [0.2, 0.25) is 0 Å². The molecular formula is C19H26N2O. The molecule has 0 unspecified atom stereocenters. The average Bonchev–Trinajstić information content (AvgIpc) is 2.46. The van der Waals surface area contributed by atoms with Crippen molar-refractivity contribution in [1.82, 2.24) is 4.90 Å². The summed E-state index contributed by atoms with van der Waals surface area (Å²) in [4.78, 5) is 14.5. The van der Waals surface area contributed by atoms with Crippen molar-refractivity contribution in [2.75, 3.05) is 20.6 Å². The van der Waals surface area contributed by atoms with Gasteiger partial charge in [-0.25, -0.2) is 0 Å². The third-order valence-electron chi connectivity index (χ3n) is 4.64. The Kier molecular flexibility index (Phi) is 4.87. The summed E-state index contributed by atoms with van der Waals surface area (Å²) >= 11 is 0. The number of benzene rings is 2. The Morgan fingerprint density at radius 3 is 2.32 bits per heavy atom. The van der Waals surface area contributed by atoms with Crippen molar-refractivity contribution in [2.45, 2.75) is 25.7 Å². The SMILES string of the molecule is CC(C)[C@@](CCN(C)C)(C(N)=O)c1ccc2ccccc2c1. The van der Waals surface area contributed by atoms with Crippen LogP contribution in [0.5, 0.6) is 0 Å². The monoisotopic (exact) mass is 298 g/mol. The van der Waals surface area contributed by atoms with E-state index in [1.807, 2.05) is 26.2 Å². The van der Waals surface area contributed by atoms with Gasteiger partial charge in [-0.3, -0.25) is 4.79 Å². The lowest BCUT2D eigenvalue weighted by Gasteiger charge is -2.36. The molecule has 2 aromatic rings. The Balaban J connectivity index is 2.56. The van der Waals surface area contributed by atoms with E-state index in [1.54, 1.807) is 0 Å². The molecular weight excluding hydrogens is 272 g/mol. The number of nitrogens with two attached hydrogens (primary N) is 1. The van der Waals surface area contributed by atoms with Gasteiger partial charge in [0.15, 0.2) is 0 Å². The van der Waals surface area contributed by atoms with E-state index in [4.69, 9.17) is 5.73 Å². The molecule has 0 aromatic heterocycles. The number of hydrogen-bond donors (Lipinski definition) is 1. The first-order valence-corrected chi connectivity index (χ1v) is 7.82. The molecule has 0 spiro atoms. The predicted octanol–water partition coefficient (Wildman–Crippen LogP) is 3.17. The van der Waals surface area contributed by atoms with Gasteiger partial charge in [0.2, 0.25) is 5.91 Å². The molecule has 0 aliphatic heterocycles. The van der Waals surface area contributed by atoms with Crippen molar-refractivity contribution in [3.63, 3.8) is 0 Å². The first-order valence-electron chi connectivity index (χ1n) is 7.82. The molecule has 3 heteroatoms. The van der Waals surface area contributed by atoms with E-state index < -0.39 is 5.41 Å². The maximum absolute atomic E-state index is 12.4. The second-order valence-corrected chi connectivity index (χ2v) is 6.61. The minimum absolute atomic E-state index is 0.145. The van der Waals surface area contributed by atoms with Gasteiger partial charge in [0, 0.05) is 0 Å². The number of nitrogens with zero attached hydrogens (tertiary/aromatic N) is 1. The number of hydrogen-bond acceptors (Lipinski definition) is 2. The van der Waals surface area contributed by atoms with Crippen LogP contribution < -0.4 is 5.73 Å². The van der Waals surface area contributed by atoms with Gasteiger partial charge in [0.25, 0.3) is 0 Å². The Bertz CT molecular complexity index is 663. The van der Waals surface area contributed by atoms with Gasteiger partial charge < -0.3 is 10.6 Å². The van der Waals surface area contributed by atoms with E-state index in [1.165, 1.54) is 5.39 Å². The molecule has 0 saturated heterocycles. The quantitative estimate of drug-likeness (QED) is 0.890. The number of rotatable bonds is 6. The van der Waals surface area contributed by atoms with Crippen LogP contribution in [0.1, 0.15) is 25.8 Å². The molecule has 0 fully saturated rings. The zero-order valence-electron chi connectivity index (χ0n) is 14.0. The van der Waals surface area contributed by atoms with Crippen LogP contribution in [-0.4, -0.2) is 31.4 Å². The number of fused-ring (bicyclic) bond motifs is 1. The summed E-state index contributed by atoms with van der Waals surface area (Å²) in [6.07, 6.45) is 0.728. The summed E-state index contributed by atoms with van der Waals surface area (Å²) in [5, 5.41) is 2.33. The fourth-order valence-electron chi connectivity index (χ4n) is 3.18. The minimum atomic E-state index is -0.631. The highest BCUT2D eigenvalue weighted by atomic mass is 16.1. The van der Waals surface area contributed by atoms with E-state index in [9.17, 15) is 4.79 Å². The van der Waals surface area contributed by atoms with Gasteiger partial charge in [-0.2, -0.15) is 0 Å². The maximum Gasteiger partial charge on any atom is 0.228 e. The van der Waals surface area contributed by atoms with Crippen LogP contribution in [0.3, 0.4) is 0 Å². The summed E-state index contributed by atoms with van der Waals surface area (Å²) < 4.78 is 0. The second kappa shape index (κ2) is 6.49. The van der Waals surface area contributed by atoms with E-state index in [0.29, 0.717) is 0 Å². The van der Waals surface area contributed by atoms with Crippen molar-refractivity contribution in [3.05, 3.63) is 48.0 Å². The van der Waals surface area contributed by atoms with Crippen molar-refractivity contribution in [1.29, 1.82) is 0 Å². The predicted molar refractivity (Wildman–Crippen MR) is 92.8 cm³/mol. The zero-order chi connectivity index (χ0) is 16.3. The maximum atomic E-state index is 12.4. The number of carbonyl (C=O) groups is 1. The zero-order valence-corrected chi connectivity index (χ0v) is 14.0. The molecule has 2 aromatic carbocycles. The normalized spacial score (nSPS) is 14.5. The van der Waals surface area contributed by atoms with Gasteiger partial charge in [-0.15, -0.1) is 0 Å². The first kappa shape index (κ1) is 16.5. The van der Waals surface area contributed by atoms with E-state index in [0.717, 1.165) is 23.9 Å². The Hall–Kier alpha value is -1.87. The third-order valence-corrected chi connectivity index (χ3v) is 4.64. The van der Waals surface area contributed by atoms with Crippen LogP contribution >= 0.6 is 0 Å². The molecule has 1 amide bonds. The van der Waals surface area contributed by atoms with Crippen LogP contribution in [0, 0.1) is 5.92 Å². The van der Waals surface area contributed by atoms with E-state index in [2.05, 4.69) is 49.1 Å². The lowest BCUT2D eigenvalue weighted by molar-refractivity contribution is -0.125. The van der Waals surface area contributed by atoms with Crippen LogP contribution in [-0.2, 0) is 10.2 Å². The molecule has 1 atom stereocenters. The van der Waals surface area contributed by atoms with Crippen molar-refractivity contribution in [3.8, 4) is 0 Å². The fourth-order valence-corrected chi connectivity index (χ4v) is 3.18. The summed E-state index contributed by atoms with van der Waals surface area (Å²) in [7, 11) is 4.04. The topological polar surface area (TPSA) is 46.3 Å². The minimum Gasteiger partial charge on any atom is -0.369 e. The van der Waals surface area contributed by atoms with Crippen LogP contribution in [0.15, 0.2) is 42.5 Å². The largest absolute Gasteiger partial charge is 0.369 e. The lowest BCUT2D eigenvalue weighted by atomic mass is 9.68. The molecule has 3 nitrogen and oxygen atoms in total. The summed E-state index contributed by atoms with van der Waals surface area (Å²) in [6, 6.07) is 14.5. The molecule has 0 aliphatic rings. The van der Waals surface area contributed by atoms with Crippen molar-refractivity contribution < 1.29 is 4.79 Å². The molecule has 0 bridgehead atoms. The van der Waals surface area contributed by atoms with Gasteiger partial charge in [-0.05, 0) is 49.3 Å². The molecule has 2 N–H and O–H groups in total. The van der Waals surface area contributed by atoms with E-state index >= 15 is 0 Å².